The number of carbonyl (C=O) groups excluding carboxylic acids is 1. The Morgan fingerprint density at radius 3 is 2.55 bits per heavy atom. The minimum Gasteiger partial charge on any atom is -0.393 e. The quantitative estimate of drug-likeness (QED) is 0.722. The number of Topliss-reactive ketones (excluding diaryl/α,β-unsaturated/α-hetero) is 1. The van der Waals surface area contributed by atoms with Crippen LogP contribution in [-0.2, 0) is 4.79 Å². The molecule has 2 heteroatoms. The number of carbonyl (C=O) groups is 1. The van der Waals surface area contributed by atoms with E-state index in [1.54, 1.807) is 0 Å². The van der Waals surface area contributed by atoms with Crippen molar-refractivity contribution in [3.63, 3.8) is 0 Å². The summed E-state index contributed by atoms with van der Waals surface area (Å²) < 4.78 is 0. The summed E-state index contributed by atoms with van der Waals surface area (Å²) >= 11 is 0. The minimum absolute atomic E-state index is 0.0711. The van der Waals surface area contributed by atoms with E-state index in [0.717, 1.165) is 43.4 Å². The first-order valence-corrected chi connectivity index (χ1v) is 9.65. The second kappa shape index (κ2) is 5.06. The second-order valence-electron chi connectivity index (χ2n) is 9.39. The second-order valence-corrected chi connectivity index (χ2v) is 9.39. The minimum atomic E-state index is -0.0711. The summed E-state index contributed by atoms with van der Waals surface area (Å²) in [5.74, 6) is 3.49. The fourth-order valence-electron chi connectivity index (χ4n) is 7.22. The predicted molar refractivity (Wildman–Crippen MR) is 87.4 cm³/mol. The molecule has 7 atom stereocenters. The van der Waals surface area contributed by atoms with Crippen LogP contribution in [0.15, 0.2) is 0 Å². The van der Waals surface area contributed by atoms with Crippen LogP contribution in [0.2, 0.25) is 0 Å². The molecule has 0 heterocycles. The Hall–Kier alpha value is -0.370. The van der Waals surface area contributed by atoms with Gasteiger partial charge in [-0.05, 0) is 79.4 Å². The van der Waals surface area contributed by atoms with Crippen LogP contribution in [-0.4, -0.2) is 17.0 Å². The van der Waals surface area contributed by atoms with Crippen molar-refractivity contribution >= 4 is 5.78 Å². The fraction of sp³-hybridized carbons (Fsp3) is 0.950. The molecule has 4 saturated carbocycles. The monoisotopic (exact) mass is 304 g/mol. The van der Waals surface area contributed by atoms with Gasteiger partial charge in [0.05, 0.1) is 6.10 Å². The van der Waals surface area contributed by atoms with Crippen molar-refractivity contribution in [2.24, 2.45) is 34.5 Å². The standard InChI is InChI=1S/C20H32O2/c1-19-10-8-14(21)12-13(19)4-3-5-15-16-6-7-18(22)20(16,2)11-9-17(15)19/h13,15-18,22H,3-12H2,1-2H3/t13-,15+,16-,17-,18-,19-,20-/m0/s1. The summed E-state index contributed by atoms with van der Waals surface area (Å²) in [6.45, 7) is 4.88. The maximum Gasteiger partial charge on any atom is 0.133 e. The lowest BCUT2D eigenvalue weighted by Gasteiger charge is -2.55. The van der Waals surface area contributed by atoms with Gasteiger partial charge in [-0.2, -0.15) is 0 Å². The average Bonchev–Trinajstić information content (AvgIpc) is 2.70. The topological polar surface area (TPSA) is 37.3 Å². The van der Waals surface area contributed by atoms with Crippen molar-refractivity contribution < 1.29 is 9.90 Å². The number of rotatable bonds is 0. The van der Waals surface area contributed by atoms with Gasteiger partial charge < -0.3 is 5.11 Å². The van der Waals surface area contributed by atoms with E-state index in [1.165, 1.54) is 38.5 Å². The normalized spacial score (nSPS) is 55.0. The number of aliphatic hydroxyl groups excluding tert-OH is 1. The Kier molecular flexibility index (Phi) is 3.49. The molecule has 0 spiro atoms. The molecule has 1 N–H and O–H groups in total. The molecular weight excluding hydrogens is 272 g/mol. The van der Waals surface area contributed by atoms with Gasteiger partial charge in [0.25, 0.3) is 0 Å². The van der Waals surface area contributed by atoms with Gasteiger partial charge >= 0.3 is 0 Å². The van der Waals surface area contributed by atoms with Crippen molar-refractivity contribution in [3.8, 4) is 0 Å². The van der Waals surface area contributed by atoms with Crippen LogP contribution in [0, 0.1) is 34.5 Å². The smallest absolute Gasteiger partial charge is 0.133 e. The predicted octanol–water partition coefficient (Wildman–Crippen LogP) is 4.35. The summed E-state index contributed by atoms with van der Waals surface area (Å²) in [7, 11) is 0. The van der Waals surface area contributed by atoms with Crippen LogP contribution < -0.4 is 0 Å². The van der Waals surface area contributed by atoms with Gasteiger partial charge in [0.1, 0.15) is 5.78 Å². The van der Waals surface area contributed by atoms with Crippen molar-refractivity contribution in [1.82, 2.24) is 0 Å². The van der Waals surface area contributed by atoms with E-state index in [9.17, 15) is 9.90 Å². The molecule has 4 aliphatic rings. The Morgan fingerprint density at radius 1 is 0.955 bits per heavy atom. The van der Waals surface area contributed by atoms with Crippen molar-refractivity contribution in [2.45, 2.75) is 84.2 Å². The SMILES string of the molecule is C[C@]12CCC(=O)C[C@@H]1CCC[C@H]1[C@@H]2CC[C@]2(C)[C@@H](O)CC[C@@H]12. The molecular formula is C20H32O2. The fourth-order valence-corrected chi connectivity index (χ4v) is 7.22. The van der Waals surface area contributed by atoms with Crippen molar-refractivity contribution in [2.75, 3.05) is 0 Å². The van der Waals surface area contributed by atoms with Crippen molar-refractivity contribution in [3.05, 3.63) is 0 Å². The summed E-state index contributed by atoms with van der Waals surface area (Å²) in [5.41, 5.74) is 0.575. The lowest BCUT2D eigenvalue weighted by atomic mass is 9.50. The molecule has 0 bridgehead atoms. The molecule has 0 saturated heterocycles. The molecule has 0 unspecified atom stereocenters. The summed E-state index contributed by atoms with van der Waals surface area (Å²) in [6.07, 6.45) is 11.4. The molecule has 0 aromatic rings. The highest BCUT2D eigenvalue weighted by molar-refractivity contribution is 5.79. The highest BCUT2D eigenvalue weighted by Gasteiger charge is 2.58. The van der Waals surface area contributed by atoms with Crippen LogP contribution in [0.4, 0.5) is 0 Å². The van der Waals surface area contributed by atoms with E-state index in [0.29, 0.717) is 17.1 Å². The van der Waals surface area contributed by atoms with Gasteiger partial charge in [-0.1, -0.05) is 20.3 Å². The molecule has 4 fully saturated rings. The maximum absolute atomic E-state index is 12.0. The van der Waals surface area contributed by atoms with E-state index < -0.39 is 0 Å². The third kappa shape index (κ3) is 1.98. The zero-order valence-electron chi connectivity index (χ0n) is 14.3. The largest absolute Gasteiger partial charge is 0.393 e. The Morgan fingerprint density at radius 2 is 1.73 bits per heavy atom. The molecule has 0 aromatic carbocycles. The van der Waals surface area contributed by atoms with Gasteiger partial charge in [0.15, 0.2) is 0 Å². The first-order valence-electron chi connectivity index (χ1n) is 9.65. The van der Waals surface area contributed by atoms with E-state index in [4.69, 9.17) is 0 Å². The summed E-state index contributed by atoms with van der Waals surface area (Å²) in [4.78, 5) is 12.0. The molecule has 0 amide bonds. The van der Waals surface area contributed by atoms with E-state index in [-0.39, 0.29) is 11.5 Å². The van der Waals surface area contributed by atoms with E-state index in [1.807, 2.05) is 0 Å². The maximum atomic E-state index is 12.0. The van der Waals surface area contributed by atoms with Gasteiger partial charge in [-0.15, -0.1) is 0 Å². The Balaban J connectivity index is 1.67. The first kappa shape index (κ1) is 15.2. The zero-order chi connectivity index (χ0) is 15.5. The highest BCUT2D eigenvalue weighted by atomic mass is 16.3. The number of fused-ring (bicyclic) bond motifs is 5. The number of hydrogen-bond donors (Lipinski definition) is 1. The van der Waals surface area contributed by atoms with E-state index in [2.05, 4.69) is 13.8 Å². The number of aliphatic hydroxyl groups is 1. The third-order valence-corrected chi connectivity index (χ3v) is 8.67. The molecule has 0 aliphatic heterocycles. The Labute approximate surface area is 135 Å². The van der Waals surface area contributed by atoms with Crippen LogP contribution in [0.5, 0.6) is 0 Å². The van der Waals surface area contributed by atoms with Gasteiger partial charge in [0.2, 0.25) is 0 Å². The first-order chi connectivity index (χ1) is 10.4. The van der Waals surface area contributed by atoms with Crippen molar-refractivity contribution in [1.29, 1.82) is 0 Å². The molecule has 2 nitrogen and oxygen atoms in total. The molecule has 124 valence electrons. The summed E-state index contributed by atoms with van der Waals surface area (Å²) in [5, 5.41) is 10.5. The lowest BCUT2D eigenvalue weighted by Crippen LogP contribution is -2.50. The molecule has 22 heavy (non-hydrogen) atoms. The average molecular weight is 304 g/mol. The van der Waals surface area contributed by atoms with Gasteiger partial charge in [-0.3, -0.25) is 4.79 Å². The lowest BCUT2D eigenvalue weighted by molar-refractivity contribution is -0.130. The number of hydrogen-bond acceptors (Lipinski definition) is 2. The van der Waals surface area contributed by atoms with Crippen LogP contribution >= 0.6 is 0 Å². The van der Waals surface area contributed by atoms with Gasteiger partial charge in [0, 0.05) is 12.8 Å². The van der Waals surface area contributed by atoms with E-state index >= 15 is 0 Å². The third-order valence-electron chi connectivity index (χ3n) is 8.67. The molecule has 0 aromatic heterocycles. The van der Waals surface area contributed by atoms with Crippen LogP contribution in [0.3, 0.4) is 0 Å². The Bertz CT molecular complexity index is 472. The number of ketones is 1. The van der Waals surface area contributed by atoms with Gasteiger partial charge in [-0.25, -0.2) is 0 Å². The van der Waals surface area contributed by atoms with Crippen LogP contribution in [0.25, 0.3) is 0 Å². The molecule has 4 aliphatic carbocycles. The highest BCUT2D eigenvalue weighted by Crippen LogP contribution is 2.64. The summed E-state index contributed by atoms with van der Waals surface area (Å²) in [6, 6.07) is 0. The molecule has 4 rings (SSSR count). The van der Waals surface area contributed by atoms with Crippen LogP contribution in [0.1, 0.15) is 78.1 Å². The molecule has 0 radical (unpaired) electrons. The zero-order valence-corrected chi connectivity index (χ0v) is 14.3.